The highest BCUT2D eigenvalue weighted by Crippen LogP contribution is 2.03. The molecule has 0 aromatic rings. The van der Waals surface area contributed by atoms with Crippen molar-refractivity contribution in [2.24, 2.45) is 0 Å². The number of rotatable bonds is 4. The van der Waals surface area contributed by atoms with E-state index in [9.17, 15) is 0 Å². The van der Waals surface area contributed by atoms with Crippen LogP contribution in [0.1, 0.15) is 19.3 Å². The second kappa shape index (κ2) is 5.78. The Morgan fingerprint density at radius 1 is 1.38 bits per heavy atom. The van der Waals surface area contributed by atoms with Crippen LogP contribution < -0.4 is 0 Å². The molecule has 0 aromatic heterocycles. The predicted octanol–water partition coefficient (Wildman–Crippen LogP) is 2.13. The van der Waals surface area contributed by atoms with Crippen molar-refractivity contribution in [3.8, 4) is 0 Å². The highest BCUT2D eigenvalue weighted by atomic mass is 35.5. The summed E-state index contributed by atoms with van der Waals surface area (Å²) >= 11 is 10.8. The van der Waals surface area contributed by atoms with Crippen molar-refractivity contribution in [3.05, 3.63) is 0 Å². The molecule has 0 saturated carbocycles. The first-order chi connectivity index (χ1) is 3.77. The van der Waals surface area contributed by atoms with Gasteiger partial charge in [-0.3, -0.25) is 0 Å². The fraction of sp³-hybridized carbons (Fsp3) is 1.00. The molecule has 8 heavy (non-hydrogen) atoms. The van der Waals surface area contributed by atoms with Crippen LogP contribution in [-0.4, -0.2) is 19.0 Å². The second-order valence-corrected chi connectivity index (χ2v) is 2.64. The van der Waals surface area contributed by atoms with Crippen LogP contribution in [0.3, 0.4) is 0 Å². The zero-order valence-electron chi connectivity index (χ0n) is 4.74. The molecule has 0 spiro atoms. The van der Waals surface area contributed by atoms with Crippen LogP contribution in [0.2, 0.25) is 0 Å². The highest BCUT2D eigenvalue weighted by molar-refractivity contribution is 6.40. The van der Waals surface area contributed by atoms with Crippen LogP contribution in [0, 0.1) is 0 Å². The van der Waals surface area contributed by atoms with Gasteiger partial charge in [0.15, 0.2) is 0 Å². The molecule has 0 aliphatic heterocycles. The fourth-order valence-electron chi connectivity index (χ4n) is 0.434. The predicted molar refractivity (Wildman–Crippen MR) is 40.0 cm³/mol. The molecule has 1 atom stereocenters. The Morgan fingerprint density at radius 3 is 2.38 bits per heavy atom. The average molecular weight is 151 g/mol. The van der Waals surface area contributed by atoms with Gasteiger partial charge in [-0.15, -0.1) is 23.2 Å². The molecule has 0 bridgehead atoms. The smallest absolute Gasteiger partial charge is 0.0917 e. The third-order valence-electron chi connectivity index (χ3n) is 0.864. The van der Waals surface area contributed by atoms with Gasteiger partial charge in [0.1, 0.15) is 0 Å². The van der Waals surface area contributed by atoms with Crippen LogP contribution in [0.15, 0.2) is 0 Å². The molecule has 0 rings (SSSR count). The molecule has 0 aliphatic carbocycles. The molecule has 2 radical (unpaired) electrons. The maximum Gasteiger partial charge on any atom is 0.0917 e. The lowest BCUT2D eigenvalue weighted by Gasteiger charge is -1.98. The topological polar surface area (TPSA) is 0 Å². The van der Waals surface area contributed by atoms with Crippen molar-refractivity contribution in [1.82, 2.24) is 0 Å². The van der Waals surface area contributed by atoms with E-state index in [0.717, 1.165) is 19.3 Å². The monoisotopic (exact) mass is 150 g/mol. The molecule has 1 unspecified atom stereocenters. The third kappa shape index (κ3) is 6.64. The maximum absolute atomic E-state index is 5.45. The molecule has 0 N–H and O–H groups in total. The van der Waals surface area contributed by atoms with E-state index in [4.69, 9.17) is 31.0 Å². The van der Waals surface area contributed by atoms with E-state index in [2.05, 4.69) is 0 Å². The molecule has 0 aliphatic rings. The van der Waals surface area contributed by atoms with Crippen molar-refractivity contribution in [3.63, 3.8) is 0 Å². The van der Waals surface area contributed by atoms with Crippen molar-refractivity contribution in [1.29, 1.82) is 0 Å². The van der Waals surface area contributed by atoms with Gasteiger partial charge in [0.25, 0.3) is 0 Å². The summed E-state index contributed by atoms with van der Waals surface area (Å²) in [6, 6.07) is 0. The quantitative estimate of drug-likeness (QED) is 0.328. The summed E-state index contributed by atoms with van der Waals surface area (Å²) in [5.74, 6) is 0.712. The van der Waals surface area contributed by atoms with E-state index in [1.165, 1.54) is 0 Å². The van der Waals surface area contributed by atoms with E-state index in [-0.39, 0.29) is 5.28 Å². The summed E-state index contributed by atoms with van der Waals surface area (Å²) in [5.41, 5.74) is 0. The molecule has 0 aromatic carbocycles. The Hall–Kier alpha value is 0.645. The Kier molecular flexibility index (Phi) is 6.24. The summed E-state index contributed by atoms with van der Waals surface area (Å²) in [5, 5.41) is -0.182. The number of unbranched alkanes of at least 4 members (excludes halogenated alkanes) is 1. The van der Waals surface area contributed by atoms with Crippen molar-refractivity contribution >= 4 is 31.0 Å². The lowest BCUT2D eigenvalue weighted by molar-refractivity contribution is 0.760. The lowest BCUT2D eigenvalue weighted by Crippen LogP contribution is -1.95. The van der Waals surface area contributed by atoms with E-state index in [0.29, 0.717) is 5.88 Å². The zero-order valence-corrected chi connectivity index (χ0v) is 6.25. The summed E-state index contributed by atoms with van der Waals surface area (Å²) < 4.78 is 0. The first kappa shape index (κ1) is 8.64. The molecule has 0 heterocycles. The number of alkyl halides is 2. The van der Waals surface area contributed by atoms with Crippen LogP contribution in [0.5, 0.6) is 0 Å². The van der Waals surface area contributed by atoms with Gasteiger partial charge >= 0.3 is 0 Å². The summed E-state index contributed by atoms with van der Waals surface area (Å²) in [6.45, 7) is 0. The van der Waals surface area contributed by atoms with Gasteiger partial charge in [0.2, 0.25) is 0 Å². The minimum Gasteiger partial charge on any atom is -0.134 e. The Balaban J connectivity index is 2.72. The normalized spacial score (nSPS) is 13.8. The Morgan fingerprint density at radius 2 is 2.00 bits per heavy atom. The van der Waals surface area contributed by atoms with Gasteiger partial charge in [-0.05, 0) is 18.1 Å². The van der Waals surface area contributed by atoms with Crippen LogP contribution in [0.4, 0.5) is 0 Å². The van der Waals surface area contributed by atoms with E-state index < -0.39 is 0 Å². The fourth-order valence-corrected chi connectivity index (χ4v) is 0.777. The minimum atomic E-state index is -0.182. The van der Waals surface area contributed by atoms with Gasteiger partial charge in [-0.2, -0.15) is 0 Å². The molecule has 0 nitrogen and oxygen atoms in total. The second-order valence-electron chi connectivity index (χ2n) is 1.70. The van der Waals surface area contributed by atoms with Crippen LogP contribution in [0.25, 0.3) is 0 Å². The molecule has 46 valence electrons. The van der Waals surface area contributed by atoms with E-state index >= 15 is 0 Å². The van der Waals surface area contributed by atoms with Crippen LogP contribution in [-0.2, 0) is 0 Å². The van der Waals surface area contributed by atoms with Gasteiger partial charge < -0.3 is 0 Å². The first-order valence-corrected chi connectivity index (χ1v) is 3.70. The van der Waals surface area contributed by atoms with Crippen molar-refractivity contribution in [2.75, 3.05) is 5.88 Å². The van der Waals surface area contributed by atoms with Gasteiger partial charge in [0.05, 0.1) is 7.85 Å². The van der Waals surface area contributed by atoms with Crippen molar-refractivity contribution in [2.45, 2.75) is 24.5 Å². The summed E-state index contributed by atoms with van der Waals surface area (Å²) in [6.07, 6.45) is 2.92. The van der Waals surface area contributed by atoms with E-state index in [1.807, 2.05) is 0 Å². The maximum atomic E-state index is 5.45. The Bertz CT molecular complexity index is 47.7. The third-order valence-corrected chi connectivity index (χ3v) is 1.35. The standard InChI is InChI=1S/C5H9BCl2/c6-5(8)3-1-2-4-7/h5H,1-4H2. The van der Waals surface area contributed by atoms with Gasteiger partial charge in [-0.25, -0.2) is 0 Å². The Labute approximate surface area is 62.0 Å². The summed E-state index contributed by atoms with van der Waals surface area (Å²) in [7, 11) is 5.26. The molecule has 0 saturated heterocycles. The van der Waals surface area contributed by atoms with Crippen molar-refractivity contribution < 1.29 is 0 Å². The molecule has 0 fully saturated rings. The minimum absolute atomic E-state index is 0.182. The highest BCUT2D eigenvalue weighted by Gasteiger charge is 1.93. The number of hydrogen-bond donors (Lipinski definition) is 0. The molecular formula is C5H9BCl2. The van der Waals surface area contributed by atoms with Crippen LogP contribution >= 0.6 is 23.2 Å². The summed E-state index contributed by atoms with van der Waals surface area (Å²) in [4.78, 5) is 0. The van der Waals surface area contributed by atoms with Gasteiger partial charge in [0, 0.05) is 5.88 Å². The zero-order chi connectivity index (χ0) is 6.41. The number of halogens is 2. The number of hydrogen-bond acceptors (Lipinski definition) is 0. The average Bonchev–Trinajstić information content (AvgIpc) is 1.66. The van der Waals surface area contributed by atoms with Gasteiger partial charge in [-0.1, -0.05) is 6.42 Å². The lowest BCUT2D eigenvalue weighted by atomic mass is 9.99. The first-order valence-electron chi connectivity index (χ1n) is 2.73. The molecule has 0 amide bonds. The molecule has 3 heteroatoms. The largest absolute Gasteiger partial charge is 0.134 e. The SMILES string of the molecule is [B]C(Cl)CCCCCl. The molecular weight excluding hydrogens is 142 g/mol. The van der Waals surface area contributed by atoms with E-state index in [1.54, 1.807) is 0 Å².